The Morgan fingerprint density at radius 2 is 0.623 bits per heavy atom. The molecule has 1 atom stereocenters. The molecule has 0 fully saturated rings. The molecule has 314 valence electrons. The van der Waals surface area contributed by atoms with E-state index in [1.54, 1.807) is 0 Å². The molecule has 0 saturated heterocycles. The van der Waals surface area contributed by atoms with Gasteiger partial charge in [-0.15, -0.1) is 0 Å². The maximum atomic E-state index is 12.7. The largest absolute Gasteiger partial charge is 0.462 e. The summed E-state index contributed by atoms with van der Waals surface area (Å²) in [6.07, 6.45) is 38.1. The number of unbranched alkanes of at least 4 members (excludes halogenated alkanes) is 26. The van der Waals surface area contributed by atoms with E-state index in [2.05, 4.69) is 34.6 Å². The van der Waals surface area contributed by atoms with Gasteiger partial charge in [-0.3, -0.25) is 14.4 Å². The second-order valence-corrected chi connectivity index (χ2v) is 17.0. The van der Waals surface area contributed by atoms with E-state index in [1.165, 1.54) is 141 Å². The van der Waals surface area contributed by atoms with Crippen LogP contribution in [0.5, 0.6) is 0 Å². The van der Waals surface area contributed by atoms with Crippen LogP contribution < -0.4 is 0 Å². The zero-order valence-electron chi connectivity index (χ0n) is 36.1. The third-order valence-electron chi connectivity index (χ3n) is 10.5. The molecule has 0 rings (SSSR count). The summed E-state index contributed by atoms with van der Waals surface area (Å²) in [5.41, 5.74) is 0. The molecular formula is C47H90O6. The summed E-state index contributed by atoms with van der Waals surface area (Å²) >= 11 is 0. The van der Waals surface area contributed by atoms with Gasteiger partial charge in [0.05, 0.1) is 0 Å². The van der Waals surface area contributed by atoms with Crippen molar-refractivity contribution in [2.24, 2.45) is 11.8 Å². The predicted molar refractivity (Wildman–Crippen MR) is 224 cm³/mol. The third-order valence-corrected chi connectivity index (χ3v) is 10.5. The van der Waals surface area contributed by atoms with Gasteiger partial charge in [0.15, 0.2) is 6.10 Å². The average Bonchev–Trinajstić information content (AvgIpc) is 3.12. The van der Waals surface area contributed by atoms with Crippen LogP contribution in [0.1, 0.15) is 253 Å². The molecule has 0 bridgehead atoms. The number of rotatable bonds is 41. The van der Waals surface area contributed by atoms with Gasteiger partial charge in [0.1, 0.15) is 13.2 Å². The first-order chi connectivity index (χ1) is 25.7. The summed E-state index contributed by atoms with van der Waals surface area (Å²) < 4.78 is 16.7. The second kappa shape index (κ2) is 40.1. The Kier molecular flexibility index (Phi) is 38.9. The van der Waals surface area contributed by atoms with E-state index in [4.69, 9.17) is 14.2 Å². The summed E-state index contributed by atoms with van der Waals surface area (Å²) in [5.74, 6) is 0.736. The SMILES string of the molecule is CCCCCCCCCCCCCC(=O)O[C@H](COC(=O)CCCCCCCCCCCCCCC(C)C)COC(=O)CCCCCCCCC(C)C. The maximum absolute atomic E-state index is 12.7. The van der Waals surface area contributed by atoms with Crippen molar-refractivity contribution in [2.45, 2.75) is 259 Å². The first-order valence-electron chi connectivity index (χ1n) is 23.2. The molecular weight excluding hydrogens is 661 g/mol. The number of hydrogen-bond donors (Lipinski definition) is 0. The van der Waals surface area contributed by atoms with Gasteiger partial charge in [0.25, 0.3) is 0 Å². The smallest absolute Gasteiger partial charge is 0.306 e. The van der Waals surface area contributed by atoms with Crippen LogP contribution in [0.3, 0.4) is 0 Å². The standard InChI is InChI=1S/C47H90O6/c1-6-7-8-9-10-11-14-19-22-29-34-39-47(50)53-44(41-52-46(49)38-33-28-24-23-26-31-36-43(4)5)40-51-45(48)37-32-27-21-18-16-13-12-15-17-20-25-30-35-42(2)3/h42-44H,6-41H2,1-5H3/t44-/m1/s1. The first-order valence-corrected chi connectivity index (χ1v) is 23.2. The zero-order valence-corrected chi connectivity index (χ0v) is 36.1. The van der Waals surface area contributed by atoms with Gasteiger partial charge in [-0.1, -0.05) is 214 Å². The number of esters is 3. The van der Waals surface area contributed by atoms with Crippen molar-refractivity contribution in [1.29, 1.82) is 0 Å². The Hall–Kier alpha value is -1.59. The molecule has 0 aliphatic rings. The van der Waals surface area contributed by atoms with Crippen molar-refractivity contribution in [3.05, 3.63) is 0 Å². The summed E-state index contributed by atoms with van der Waals surface area (Å²) in [5, 5.41) is 0. The Morgan fingerprint density at radius 3 is 0.925 bits per heavy atom. The molecule has 6 heteroatoms. The topological polar surface area (TPSA) is 78.9 Å². The van der Waals surface area contributed by atoms with Crippen LogP contribution in [0.25, 0.3) is 0 Å². The number of ether oxygens (including phenoxy) is 3. The van der Waals surface area contributed by atoms with Gasteiger partial charge in [-0.2, -0.15) is 0 Å². The van der Waals surface area contributed by atoms with Crippen molar-refractivity contribution in [3.8, 4) is 0 Å². The van der Waals surface area contributed by atoms with E-state index in [0.29, 0.717) is 19.3 Å². The normalized spacial score (nSPS) is 12.1. The molecule has 0 aromatic carbocycles. The lowest BCUT2D eigenvalue weighted by molar-refractivity contribution is -0.167. The van der Waals surface area contributed by atoms with Crippen LogP contribution in [0.4, 0.5) is 0 Å². The molecule has 0 aromatic heterocycles. The quantitative estimate of drug-likeness (QED) is 0.0352. The van der Waals surface area contributed by atoms with E-state index < -0.39 is 6.10 Å². The lowest BCUT2D eigenvalue weighted by atomic mass is 10.0. The maximum Gasteiger partial charge on any atom is 0.306 e. The van der Waals surface area contributed by atoms with Gasteiger partial charge in [0.2, 0.25) is 0 Å². The minimum Gasteiger partial charge on any atom is -0.462 e. The molecule has 0 aliphatic carbocycles. The summed E-state index contributed by atoms with van der Waals surface area (Å²) in [4.78, 5) is 37.7. The fraction of sp³-hybridized carbons (Fsp3) is 0.936. The van der Waals surface area contributed by atoms with Gasteiger partial charge in [-0.05, 0) is 31.1 Å². The van der Waals surface area contributed by atoms with Crippen LogP contribution in [0.15, 0.2) is 0 Å². The van der Waals surface area contributed by atoms with E-state index in [9.17, 15) is 14.4 Å². The molecule has 6 nitrogen and oxygen atoms in total. The monoisotopic (exact) mass is 751 g/mol. The van der Waals surface area contributed by atoms with Gasteiger partial charge < -0.3 is 14.2 Å². The molecule has 0 radical (unpaired) electrons. The summed E-state index contributed by atoms with van der Waals surface area (Å²) in [6.45, 7) is 11.3. The summed E-state index contributed by atoms with van der Waals surface area (Å²) in [6, 6.07) is 0. The lowest BCUT2D eigenvalue weighted by Gasteiger charge is -2.18. The highest BCUT2D eigenvalue weighted by atomic mass is 16.6. The fourth-order valence-corrected chi connectivity index (χ4v) is 6.93. The Bertz CT molecular complexity index is 809. The predicted octanol–water partition coefficient (Wildman–Crippen LogP) is 14.6. The highest BCUT2D eigenvalue weighted by Crippen LogP contribution is 2.16. The van der Waals surface area contributed by atoms with Gasteiger partial charge in [-0.25, -0.2) is 0 Å². The molecule has 0 spiro atoms. The number of carbonyl (C=O) groups excluding carboxylic acids is 3. The number of carbonyl (C=O) groups is 3. The molecule has 0 unspecified atom stereocenters. The van der Waals surface area contributed by atoms with Gasteiger partial charge in [0, 0.05) is 19.3 Å². The molecule has 0 aliphatic heterocycles. The molecule has 53 heavy (non-hydrogen) atoms. The second-order valence-electron chi connectivity index (χ2n) is 17.0. The molecule has 0 aromatic rings. The van der Waals surface area contributed by atoms with E-state index in [-0.39, 0.29) is 31.1 Å². The van der Waals surface area contributed by atoms with Gasteiger partial charge >= 0.3 is 17.9 Å². The molecule has 0 heterocycles. The van der Waals surface area contributed by atoms with E-state index >= 15 is 0 Å². The lowest BCUT2D eigenvalue weighted by Crippen LogP contribution is -2.30. The van der Waals surface area contributed by atoms with Crippen molar-refractivity contribution in [3.63, 3.8) is 0 Å². The Morgan fingerprint density at radius 1 is 0.358 bits per heavy atom. The third kappa shape index (κ3) is 41.4. The van der Waals surface area contributed by atoms with Crippen molar-refractivity contribution < 1.29 is 28.6 Å². The summed E-state index contributed by atoms with van der Waals surface area (Å²) in [7, 11) is 0. The highest BCUT2D eigenvalue weighted by molar-refractivity contribution is 5.71. The van der Waals surface area contributed by atoms with Crippen molar-refractivity contribution in [2.75, 3.05) is 13.2 Å². The zero-order chi connectivity index (χ0) is 39.0. The van der Waals surface area contributed by atoms with E-state index in [1.807, 2.05) is 0 Å². The molecule has 0 amide bonds. The van der Waals surface area contributed by atoms with Crippen LogP contribution in [0, 0.1) is 11.8 Å². The minimum atomic E-state index is -0.760. The first kappa shape index (κ1) is 51.4. The molecule has 0 saturated carbocycles. The van der Waals surface area contributed by atoms with Crippen LogP contribution >= 0.6 is 0 Å². The van der Waals surface area contributed by atoms with Crippen LogP contribution in [0.2, 0.25) is 0 Å². The fourth-order valence-electron chi connectivity index (χ4n) is 6.93. The van der Waals surface area contributed by atoms with Crippen LogP contribution in [-0.2, 0) is 28.6 Å². The minimum absolute atomic E-state index is 0.0653. The Balaban J connectivity index is 4.29. The van der Waals surface area contributed by atoms with Crippen molar-refractivity contribution >= 4 is 17.9 Å². The highest BCUT2D eigenvalue weighted by Gasteiger charge is 2.19. The number of hydrogen-bond acceptors (Lipinski definition) is 6. The average molecular weight is 751 g/mol. The Labute approximate surface area is 329 Å². The van der Waals surface area contributed by atoms with E-state index in [0.717, 1.165) is 69.6 Å². The molecule has 0 N–H and O–H groups in total. The van der Waals surface area contributed by atoms with Crippen LogP contribution in [-0.4, -0.2) is 37.2 Å². The van der Waals surface area contributed by atoms with Crippen molar-refractivity contribution in [1.82, 2.24) is 0 Å².